The third-order valence-corrected chi connectivity index (χ3v) is 5.71. The molecule has 1 aliphatic rings. The van der Waals surface area contributed by atoms with Crippen molar-refractivity contribution in [3.05, 3.63) is 64.2 Å². The van der Waals surface area contributed by atoms with E-state index in [9.17, 15) is 19.8 Å². The number of carbonyl (C=O) groups is 2. The van der Waals surface area contributed by atoms with Gasteiger partial charge in [0.15, 0.2) is 11.5 Å². The van der Waals surface area contributed by atoms with E-state index in [1.54, 1.807) is 18.2 Å². The minimum Gasteiger partial charge on any atom is -0.507 e. The maximum Gasteiger partial charge on any atom is 0.295 e. The molecule has 2 aromatic rings. The standard InChI is InChI=1S/C25H30N2O5/c1-15-7-8-16(2)18(13-15)23(29)21-22(17-9-10-19(28)20(14-17)32-5)27(25(31)24(21)30)12-6-11-26(3)4/h7-10,13-14,22,28-29H,6,11-12H2,1-5H3/t22-/m1/s1. The smallest absolute Gasteiger partial charge is 0.295 e. The number of aliphatic hydroxyl groups excluding tert-OH is 1. The predicted octanol–water partition coefficient (Wildman–Crippen LogP) is 3.39. The van der Waals surface area contributed by atoms with Crippen LogP contribution in [-0.2, 0) is 9.59 Å². The third kappa shape index (κ3) is 4.48. The summed E-state index contributed by atoms with van der Waals surface area (Å²) in [5.41, 5.74) is 2.87. The number of aryl methyl sites for hydroxylation is 2. The molecule has 7 nitrogen and oxygen atoms in total. The van der Waals surface area contributed by atoms with E-state index >= 15 is 0 Å². The van der Waals surface area contributed by atoms with Crippen molar-refractivity contribution in [1.82, 2.24) is 9.80 Å². The highest BCUT2D eigenvalue weighted by atomic mass is 16.5. The number of ketones is 1. The highest BCUT2D eigenvalue weighted by Gasteiger charge is 2.46. The first-order chi connectivity index (χ1) is 15.1. The number of aliphatic hydroxyl groups is 1. The van der Waals surface area contributed by atoms with Gasteiger partial charge >= 0.3 is 0 Å². The van der Waals surface area contributed by atoms with E-state index in [2.05, 4.69) is 0 Å². The number of aromatic hydroxyl groups is 1. The Hall–Kier alpha value is -3.32. The first-order valence-electron chi connectivity index (χ1n) is 10.5. The van der Waals surface area contributed by atoms with Crippen LogP contribution in [-0.4, -0.2) is 66.0 Å². The zero-order valence-electron chi connectivity index (χ0n) is 19.2. The van der Waals surface area contributed by atoms with Crippen molar-refractivity contribution in [2.24, 2.45) is 0 Å². The van der Waals surface area contributed by atoms with Crippen LogP contribution in [0.2, 0.25) is 0 Å². The van der Waals surface area contributed by atoms with Gasteiger partial charge in [0, 0.05) is 12.1 Å². The molecule has 1 atom stereocenters. The Morgan fingerprint density at radius 2 is 1.84 bits per heavy atom. The van der Waals surface area contributed by atoms with E-state index in [0.29, 0.717) is 24.1 Å². The number of phenolic OH excluding ortho intramolecular Hbond substituents is 1. The van der Waals surface area contributed by atoms with Gasteiger partial charge in [0.1, 0.15) is 5.76 Å². The van der Waals surface area contributed by atoms with Crippen molar-refractivity contribution in [2.45, 2.75) is 26.3 Å². The lowest BCUT2D eigenvalue weighted by atomic mass is 9.93. The number of methoxy groups -OCH3 is 1. The topological polar surface area (TPSA) is 90.3 Å². The maximum atomic E-state index is 13.1. The molecule has 2 aromatic carbocycles. The average Bonchev–Trinajstić information content (AvgIpc) is 3.00. The number of phenols is 1. The molecule has 2 N–H and O–H groups in total. The summed E-state index contributed by atoms with van der Waals surface area (Å²) in [6.07, 6.45) is 0.662. The van der Waals surface area contributed by atoms with Gasteiger partial charge in [-0.25, -0.2) is 0 Å². The molecule has 7 heteroatoms. The Morgan fingerprint density at radius 1 is 1.12 bits per heavy atom. The van der Waals surface area contributed by atoms with Gasteiger partial charge in [0.05, 0.1) is 18.7 Å². The molecule has 0 unspecified atom stereocenters. The molecule has 170 valence electrons. The molecular formula is C25H30N2O5. The number of likely N-dealkylation sites (tertiary alicyclic amines) is 1. The number of ether oxygens (including phenoxy) is 1. The first-order valence-corrected chi connectivity index (χ1v) is 10.5. The Kier molecular flexibility index (Phi) is 6.89. The highest BCUT2D eigenvalue weighted by molar-refractivity contribution is 6.46. The van der Waals surface area contributed by atoms with Crippen LogP contribution in [0.3, 0.4) is 0 Å². The van der Waals surface area contributed by atoms with Crippen molar-refractivity contribution in [3.8, 4) is 11.5 Å². The second-order valence-corrected chi connectivity index (χ2v) is 8.40. The van der Waals surface area contributed by atoms with E-state index in [1.807, 2.05) is 45.0 Å². The molecular weight excluding hydrogens is 408 g/mol. The normalized spacial score (nSPS) is 17.9. The quantitative estimate of drug-likeness (QED) is 0.391. The van der Waals surface area contributed by atoms with Gasteiger partial charge in [0.2, 0.25) is 0 Å². The number of Topliss-reactive ketones (excluding diaryl/α,β-unsaturated/α-hetero) is 1. The van der Waals surface area contributed by atoms with E-state index in [-0.39, 0.29) is 22.8 Å². The predicted molar refractivity (Wildman–Crippen MR) is 123 cm³/mol. The van der Waals surface area contributed by atoms with E-state index < -0.39 is 17.7 Å². The lowest BCUT2D eigenvalue weighted by Crippen LogP contribution is -2.32. The number of nitrogens with zero attached hydrogens (tertiary/aromatic N) is 2. The van der Waals surface area contributed by atoms with Crippen LogP contribution in [0.25, 0.3) is 5.76 Å². The molecule has 1 saturated heterocycles. The summed E-state index contributed by atoms with van der Waals surface area (Å²) < 4.78 is 5.24. The van der Waals surface area contributed by atoms with Crippen molar-refractivity contribution < 1.29 is 24.5 Å². The molecule has 1 heterocycles. The Labute approximate surface area is 188 Å². The van der Waals surface area contributed by atoms with Crippen molar-refractivity contribution in [2.75, 3.05) is 34.3 Å². The van der Waals surface area contributed by atoms with E-state index in [4.69, 9.17) is 4.74 Å². The first kappa shape index (κ1) is 23.3. The number of hydrogen-bond acceptors (Lipinski definition) is 6. The Balaban J connectivity index is 2.18. The second kappa shape index (κ2) is 9.44. The molecule has 1 fully saturated rings. The average molecular weight is 439 g/mol. The Bertz CT molecular complexity index is 1070. The SMILES string of the molecule is COc1cc([C@@H]2C(=C(O)c3cc(C)ccc3C)C(=O)C(=O)N2CCCN(C)C)ccc1O. The summed E-state index contributed by atoms with van der Waals surface area (Å²) in [6.45, 7) is 4.84. The van der Waals surface area contributed by atoms with Crippen LogP contribution in [0, 0.1) is 13.8 Å². The number of hydrogen-bond donors (Lipinski definition) is 2. The zero-order valence-corrected chi connectivity index (χ0v) is 19.2. The lowest BCUT2D eigenvalue weighted by molar-refractivity contribution is -0.139. The van der Waals surface area contributed by atoms with Crippen LogP contribution in [0.15, 0.2) is 42.0 Å². The van der Waals surface area contributed by atoms with Gasteiger partial charge in [-0.3, -0.25) is 9.59 Å². The van der Waals surface area contributed by atoms with Gasteiger partial charge in [-0.1, -0.05) is 23.8 Å². The Morgan fingerprint density at radius 3 is 2.50 bits per heavy atom. The molecule has 0 radical (unpaired) electrons. The summed E-state index contributed by atoms with van der Waals surface area (Å²) in [6, 6.07) is 9.52. The molecule has 32 heavy (non-hydrogen) atoms. The fourth-order valence-electron chi connectivity index (χ4n) is 4.01. The zero-order chi connectivity index (χ0) is 23.6. The molecule has 0 spiro atoms. The number of amides is 1. The van der Waals surface area contributed by atoms with Crippen LogP contribution in [0.5, 0.6) is 11.5 Å². The summed E-state index contributed by atoms with van der Waals surface area (Å²) in [4.78, 5) is 29.6. The summed E-state index contributed by atoms with van der Waals surface area (Å²) >= 11 is 0. The molecule has 1 aliphatic heterocycles. The van der Waals surface area contributed by atoms with Crippen LogP contribution >= 0.6 is 0 Å². The minimum atomic E-state index is -0.786. The molecule has 1 amide bonds. The third-order valence-electron chi connectivity index (χ3n) is 5.71. The van der Waals surface area contributed by atoms with Gasteiger partial charge in [-0.15, -0.1) is 0 Å². The number of rotatable bonds is 7. The van der Waals surface area contributed by atoms with Crippen molar-refractivity contribution >= 4 is 17.4 Å². The molecule has 0 bridgehead atoms. The van der Waals surface area contributed by atoms with Crippen molar-refractivity contribution in [3.63, 3.8) is 0 Å². The van der Waals surface area contributed by atoms with E-state index in [1.165, 1.54) is 18.1 Å². The van der Waals surface area contributed by atoms with Gasteiger partial charge < -0.3 is 24.7 Å². The maximum absolute atomic E-state index is 13.1. The van der Waals surface area contributed by atoms with Crippen molar-refractivity contribution in [1.29, 1.82) is 0 Å². The van der Waals surface area contributed by atoms with Gasteiger partial charge in [0.25, 0.3) is 11.7 Å². The molecule has 0 saturated carbocycles. The van der Waals surface area contributed by atoms with E-state index in [0.717, 1.165) is 17.7 Å². The van der Waals surface area contributed by atoms with Crippen LogP contribution in [0.4, 0.5) is 0 Å². The molecule has 3 rings (SSSR count). The largest absolute Gasteiger partial charge is 0.507 e. The summed E-state index contributed by atoms with van der Waals surface area (Å²) in [5, 5.41) is 21.3. The minimum absolute atomic E-state index is 0.0429. The lowest BCUT2D eigenvalue weighted by Gasteiger charge is -2.26. The van der Waals surface area contributed by atoms with Crippen LogP contribution in [0.1, 0.15) is 34.7 Å². The monoisotopic (exact) mass is 438 g/mol. The summed E-state index contributed by atoms with van der Waals surface area (Å²) in [5.74, 6) is -1.38. The van der Waals surface area contributed by atoms with Gasteiger partial charge in [-0.2, -0.15) is 0 Å². The molecule has 0 aromatic heterocycles. The van der Waals surface area contributed by atoms with Gasteiger partial charge in [-0.05, 0) is 70.2 Å². The second-order valence-electron chi connectivity index (χ2n) is 8.40. The fourth-order valence-corrected chi connectivity index (χ4v) is 4.01. The number of benzene rings is 2. The molecule has 0 aliphatic carbocycles. The highest BCUT2D eigenvalue weighted by Crippen LogP contribution is 2.42. The fraction of sp³-hybridized carbons (Fsp3) is 0.360. The number of carbonyl (C=O) groups excluding carboxylic acids is 2. The van der Waals surface area contributed by atoms with Crippen LogP contribution < -0.4 is 4.74 Å². The summed E-state index contributed by atoms with van der Waals surface area (Å²) in [7, 11) is 5.32.